The molecule has 0 aromatic rings. The van der Waals surface area contributed by atoms with Crippen LogP contribution >= 0.6 is 0 Å². The first kappa shape index (κ1) is 14.3. The standard InChI is InChI=1S/C14H23NO4/c1-2-10-3-5-11(6-4-10)12(16)15-14(13(17)18)7-8-19-9-14/h10-11H,2-9H2,1H3,(H,15,16)(H,17,18). The molecule has 2 fully saturated rings. The number of hydrogen-bond donors (Lipinski definition) is 2. The van der Waals surface area contributed by atoms with E-state index < -0.39 is 11.5 Å². The van der Waals surface area contributed by atoms with Crippen LogP contribution in [0.15, 0.2) is 0 Å². The predicted octanol–water partition coefficient (Wildman–Crippen LogP) is 1.56. The molecule has 0 bridgehead atoms. The van der Waals surface area contributed by atoms with E-state index in [0.717, 1.165) is 31.6 Å². The molecule has 5 heteroatoms. The fourth-order valence-electron chi connectivity index (χ4n) is 3.06. The summed E-state index contributed by atoms with van der Waals surface area (Å²) in [4.78, 5) is 23.6. The summed E-state index contributed by atoms with van der Waals surface area (Å²) < 4.78 is 5.15. The summed E-state index contributed by atoms with van der Waals surface area (Å²) in [6.07, 6.45) is 5.43. The van der Waals surface area contributed by atoms with E-state index in [9.17, 15) is 14.7 Å². The molecule has 5 nitrogen and oxygen atoms in total. The van der Waals surface area contributed by atoms with Crippen LogP contribution in [0.2, 0.25) is 0 Å². The molecule has 1 amide bonds. The molecule has 2 aliphatic rings. The van der Waals surface area contributed by atoms with Crippen molar-refractivity contribution in [1.82, 2.24) is 5.32 Å². The van der Waals surface area contributed by atoms with Gasteiger partial charge in [0, 0.05) is 18.9 Å². The van der Waals surface area contributed by atoms with Gasteiger partial charge in [0.25, 0.3) is 0 Å². The Morgan fingerprint density at radius 3 is 2.47 bits per heavy atom. The highest BCUT2D eigenvalue weighted by Crippen LogP contribution is 2.31. The van der Waals surface area contributed by atoms with Gasteiger partial charge < -0.3 is 15.2 Å². The van der Waals surface area contributed by atoms with Gasteiger partial charge in [0.2, 0.25) is 5.91 Å². The molecule has 108 valence electrons. The smallest absolute Gasteiger partial charge is 0.331 e. The van der Waals surface area contributed by atoms with Crippen molar-refractivity contribution in [3.8, 4) is 0 Å². The minimum Gasteiger partial charge on any atom is -0.479 e. The largest absolute Gasteiger partial charge is 0.479 e. The van der Waals surface area contributed by atoms with E-state index in [2.05, 4.69) is 12.2 Å². The number of amides is 1. The van der Waals surface area contributed by atoms with E-state index in [1.54, 1.807) is 0 Å². The molecule has 0 aromatic heterocycles. The molecule has 1 unspecified atom stereocenters. The molecule has 1 aliphatic carbocycles. The van der Waals surface area contributed by atoms with E-state index in [1.807, 2.05) is 0 Å². The number of carbonyl (C=O) groups excluding carboxylic acids is 1. The summed E-state index contributed by atoms with van der Waals surface area (Å²) in [5.41, 5.74) is -1.20. The highest BCUT2D eigenvalue weighted by Gasteiger charge is 2.45. The molecule has 0 radical (unpaired) electrons. The van der Waals surface area contributed by atoms with Crippen LogP contribution in [-0.4, -0.2) is 35.7 Å². The third kappa shape index (κ3) is 3.08. The van der Waals surface area contributed by atoms with Crippen molar-refractivity contribution in [3.63, 3.8) is 0 Å². The van der Waals surface area contributed by atoms with Gasteiger partial charge in [-0.15, -0.1) is 0 Å². The predicted molar refractivity (Wildman–Crippen MR) is 69.7 cm³/mol. The highest BCUT2D eigenvalue weighted by molar-refractivity contribution is 5.88. The van der Waals surface area contributed by atoms with Gasteiger partial charge in [-0.2, -0.15) is 0 Å². The number of carboxylic acid groups (broad SMARTS) is 1. The first-order valence-electron chi connectivity index (χ1n) is 7.20. The van der Waals surface area contributed by atoms with Crippen LogP contribution in [0.4, 0.5) is 0 Å². The molecule has 2 N–H and O–H groups in total. The van der Waals surface area contributed by atoms with Crippen LogP contribution in [0.1, 0.15) is 45.4 Å². The zero-order valence-electron chi connectivity index (χ0n) is 11.5. The Labute approximate surface area is 113 Å². The lowest BCUT2D eigenvalue weighted by Gasteiger charge is -2.30. The van der Waals surface area contributed by atoms with Crippen LogP contribution < -0.4 is 5.32 Å². The number of ether oxygens (including phenoxy) is 1. The SMILES string of the molecule is CCC1CCC(C(=O)NC2(C(=O)O)CCOC2)CC1. The molecule has 1 heterocycles. The number of carboxylic acids is 1. The molecule has 0 spiro atoms. The summed E-state index contributed by atoms with van der Waals surface area (Å²) in [5.74, 6) is -0.394. The maximum atomic E-state index is 12.2. The van der Waals surface area contributed by atoms with Crippen molar-refractivity contribution in [2.75, 3.05) is 13.2 Å². The fraction of sp³-hybridized carbons (Fsp3) is 0.857. The van der Waals surface area contributed by atoms with Crippen molar-refractivity contribution < 1.29 is 19.4 Å². The van der Waals surface area contributed by atoms with Gasteiger partial charge in [-0.3, -0.25) is 4.79 Å². The van der Waals surface area contributed by atoms with Gasteiger partial charge in [0.1, 0.15) is 0 Å². The summed E-state index contributed by atoms with van der Waals surface area (Å²) in [5, 5.41) is 12.0. The van der Waals surface area contributed by atoms with E-state index in [1.165, 1.54) is 6.42 Å². The fourth-order valence-corrected chi connectivity index (χ4v) is 3.06. The van der Waals surface area contributed by atoms with Crippen molar-refractivity contribution >= 4 is 11.9 Å². The minimum absolute atomic E-state index is 0.0281. The van der Waals surface area contributed by atoms with E-state index in [-0.39, 0.29) is 18.4 Å². The van der Waals surface area contributed by atoms with E-state index in [4.69, 9.17) is 4.74 Å². The lowest BCUT2D eigenvalue weighted by molar-refractivity contribution is -0.148. The molecule has 0 aromatic carbocycles. The number of hydrogen-bond acceptors (Lipinski definition) is 3. The van der Waals surface area contributed by atoms with Crippen LogP contribution in [0.5, 0.6) is 0 Å². The Morgan fingerprint density at radius 1 is 1.32 bits per heavy atom. The Bertz CT molecular complexity index is 341. The topological polar surface area (TPSA) is 75.6 Å². The molecule has 1 saturated carbocycles. The Morgan fingerprint density at radius 2 is 2.00 bits per heavy atom. The average Bonchev–Trinajstić information content (AvgIpc) is 2.88. The van der Waals surface area contributed by atoms with E-state index >= 15 is 0 Å². The summed E-state index contributed by atoms with van der Waals surface area (Å²) in [6.45, 7) is 2.66. The van der Waals surface area contributed by atoms with Crippen LogP contribution in [0.3, 0.4) is 0 Å². The van der Waals surface area contributed by atoms with Crippen molar-refractivity contribution in [1.29, 1.82) is 0 Å². The minimum atomic E-state index is -1.20. The summed E-state index contributed by atoms with van der Waals surface area (Å²) >= 11 is 0. The lowest BCUT2D eigenvalue weighted by Crippen LogP contribution is -2.56. The van der Waals surface area contributed by atoms with Gasteiger partial charge in [-0.1, -0.05) is 13.3 Å². The average molecular weight is 269 g/mol. The molecular formula is C14H23NO4. The van der Waals surface area contributed by atoms with Gasteiger partial charge in [-0.25, -0.2) is 4.79 Å². The molecule has 1 atom stereocenters. The normalized spacial score (nSPS) is 35.0. The zero-order valence-corrected chi connectivity index (χ0v) is 11.5. The molecule has 19 heavy (non-hydrogen) atoms. The summed E-state index contributed by atoms with van der Waals surface area (Å²) in [7, 11) is 0. The monoisotopic (exact) mass is 269 g/mol. The second kappa shape index (κ2) is 5.90. The molecule has 2 rings (SSSR count). The van der Waals surface area contributed by atoms with Crippen LogP contribution in [0, 0.1) is 11.8 Å². The third-order valence-electron chi connectivity index (χ3n) is 4.59. The van der Waals surface area contributed by atoms with Crippen molar-refractivity contribution in [2.24, 2.45) is 11.8 Å². The second-order valence-corrected chi connectivity index (χ2v) is 5.80. The quantitative estimate of drug-likeness (QED) is 0.812. The first-order valence-corrected chi connectivity index (χ1v) is 7.20. The number of rotatable bonds is 4. The van der Waals surface area contributed by atoms with E-state index in [0.29, 0.717) is 13.0 Å². The second-order valence-electron chi connectivity index (χ2n) is 5.80. The van der Waals surface area contributed by atoms with Crippen LogP contribution in [-0.2, 0) is 14.3 Å². The van der Waals surface area contributed by atoms with Crippen molar-refractivity contribution in [3.05, 3.63) is 0 Å². The zero-order chi connectivity index (χ0) is 13.9. The Balaban J connectivity index is 1.92. The Hall–Kier alpha value is -1.10. The maximum Gasteiger partial charge on any atom is 0.331 e. The van der Waals surface area contributed by atoms with Crippen LogP contribution in [0.25, 0.3) is 0 Å². The molecule has 1 aliphatic heterocycles. The highest BCUT2D eigenvalue weighted by atomic mass is 16.5. The van der Waals surface area contributed by atoms with Gasteiger partial charge in [0.15, 0.2) is 5.54 Å². The molecule has 1 saturated heterocycles. The van der Waals surface area contributed by atoms with Crippen molar-refractivity contribution in [2.45, 2.75) is 51.0 Å². The van der Waals surface area contributed by atoms with Gasteiger partial charge in [0.05, 0.1) is 6.61 Å². The number of carbonyl (C=O) groups is 2. The maximum absolute atomic E-state index is 12.2. The van der Waals surface area contributed by atoms with Gasteiger partial charge in [-0.05, 0) is 31.6 Å². The third-order valence-corrected chi connectivity index (χ3v) is 4.59. The lowest BCUT2D eigenvalue weighted by atomic mass is 9.80. The first-order chi connectivity index (χ1) is 9.07. The summed E-state index contributed by atoms with van der Waals surface area (Å²) in [6, 6.07) is 0. The number of aliphatic carboxylic acids is 1. The number of nitrogens with one attached hydrogen (secondary N) is 1. The Kier molecular flexibility index (Phi) is 4.45. The molecular weight excluding hydrogens is 246 g/mol. The van der Waals surface area contributed by atoms with Gasteiger partial charge >= 0.3 is 5.97 Å².